The fourth-order valence-corrected chi connectivity index (χ4v) is 2.82. The topological polar surface area (TPSA) is 188 Å². The minimum atomic E-state index is -1.32. The van der Waals surface area contributed by atoms with Crippen molar-refractivity contribution in [2.24, 2.45) is 11.7 Å². The van der Waals surface area contributed by atoms with Crippen molar-refractivity contribution >= 4 is 29.7 Å². The van der Waals surface area contributed by atoms with Crippen LogP contribution in [0.1, 0.15) is 32.3 Å². The highest BCUT2D eigenvalue weighted by atomic mass is 16.4. The fraction of sp³-hybridized carbons (Fsp3) is 0.476. The largest absolute Gasteiger partial charge is 0.481 e. The van der Waals surface area contributed by atoms with E-state index in [0.29, 0.717) is 6.42 Å². The predicted molar refractivity (Wildman–Crippen MR) is 114 cm³/mol. The Morgan fingerprint density at radius 2 is 1.62 bits per heavy atom. The second kappa shape index (κ2) is 13.1. The second-order valence-electron chi connectivity index (χ2n) is 7.44. The number of carboxylic acid groups (broad SMARTS) is 2. The van der Waals surface area contributed by atoms with Crippen molar-refractivity contribution < 1.29 is 34.2 Å². The van der Waals surface area contributed by atoms with Crippen molar-refractivity contribution in [3.8, 4) is 0 Å². The van der Waals surface area contributed by atoms with E-state index < -0.39 is 60.8 Å². The zero-order valence-corrected chi connectivity index (χ0v) is 18.0. The van der Waals surface area contributed by atoms with Crippen LogP contribution in [0.15, 0.2) is 30.3 Å². The standard InChI is InChI=1S/C21H30N4O7/c1-3-12(2)18(21(31)32)25-20(30)15(9-13-7-5-4-6-8-13)24-16(26)11-23-19(29)14(22)10-17(27)28/h4-8,12,14-15,18H,3,9-11,22H2,1-2H3,(H,23,29)(H,24,26)(H,25,30)(H,27,28)(H,31,32). The Bertz CT molecular complexity index is 816. The maximum Gasteiger partial charge on any atom is 0.326 e. The number of benzene rings is 1. The number of hydrogen-bond donors (Lipinski definition) is 6. The van der Waals surface area contributed by atoms with Crippen molar-refractivity contribution in [3.05, 3.63) is 35.9 Å². The van der Waals surface area contributed by atoms with E-state index in [1.165, 1.54) is 0 Å². The van der Waals surface area contributed by atoms with Crippen LogP contribution in [0.4, 0.5) is 0 Å². The smallest absolute Gasteiger partial charge is 0.326 e. The number of carbonyl (C=O) groups excluding carboxylic acids is 3. The van der Waals surface area contributed by atoms with Crippen LogP contribution in [-0.4, -0.2) is 64.5 Å². The van der Waals surface area contributed by atoms with Gasteiger partial charge in [0.15, 0.2) is 0 Å². The Labute approximate surface area is 185 Å². The number of rotatable bonds is 13. The van der Waals surface area contributed by atoms with E-state index in [9.17, 15) is 29.1 Å². The van der Waals surface area contributed by atoms with Crippen LogP contribution in [0.25, 0.3) is 0 Å². The zero-order chi connectivity index (χ0) is 24.3. The Hall–Kier alpha value is -3.47. The molecule has 11 heteroatoms. The molecule has 4 atom stereocenters. The summed E-state index contributed by atoms with van der Waals surface area (Å²) in [5.74, 6) is -4.99. The minimum absolute atomic E-state index is 0.0950. The molecule has 1 rings (SSSR count). The monoisotopic (exact) mass is 450 g/mol. The van der Waals surface area contributed by atoms with Crippen LogP contribution in [0.5, 0.6) is 0 Å². The van der Waals surface area contributed by atoms with E-state index in [4.69, 9.17) is 10.8 Å². The first-order valence-electron chi connectivity index (χ1n) is 10.2. The quantitative estimate of drug-likeness (QED) is 0.226. The van der Waals surface area contributed by atoms with Gasteiger partial charge in [-0.15, -0.1) is 0 Å². The Balaban J connectivity index is 2.86. The molecule has 0 aliphatic carbocycles. The van der Waals surface area contributed by atoms with Crippen molar-refractivity contribution in [1.82, 2.24) is 16.0 Å². The average molecular weight is 450 g/mol. The molecule has 0 saturated carbocycles. The van der Waals surface area contributed by atoms with Crippen LogP contribution in [0.3, 0.4) is 0 Å². The lowest BCUT2D eigenvalue weighted by Crippen LogP contribution is -2.55. The summed E-state index contributed by atoms with van der Waals surface area (Å²) >= 11 is 0. The molecule has 0 aromatic heterocycles. The molecule has 4 unspecified atom stereocenters. The van der Waals surface area contributed by atoms with Crippen LogP contribution >= 0.6 is 0 Å². The SMILES string of the molecule is CCC(C)C(NC(=O)C(Cc1ccccc1)NC(=O)CNC(=O)C(N)CC(=O)O)C(=O)O. The molecule has 1 aromatic rings. The van der Waals surface area contributed by atoms with Gasteiger partial charge in [0.2, 0.25) is 17.7 Å². The Morgan fingerprint density at radius 3 is 2.16 bits per heavy atom. The first-order chi connectivity index (χ1) is 15.0. The maximum absolute atomic E-state index is 12.8. The van der Waals surface area contributed by atoms with Crippen LogP contribution < -0.4 is 21.7 Å². The van der Waals surface area contributed by atoms with Crippen molar-refractivity contribution in [1.29, 1.82) is 0 Å². The summed E-state index contributed by atoms with van der Waals surface area (Å²) < 4.78 is 0. The van der Waals surface area contributed by atoms with E-state index in [1.807, 2.05) is 0 Å². The third-order valence-corrected chi connectivity index (χ3v) is 4.87. The molecule has 0 bridgehead atoms. The molecule has 0 saturated heterocycles. The van der Waals surface area contributed by atoms with E-state index in [1.54, 1.807) is 44.2 Å². The lowest BCUT2D eigenvalue weighted by molar-refractivity contribution is -0.143. The van der Waals surface area contributed by atoms with Gasteiger partial charge in [-0.3, -0.25) is 19.2 Å². The molecule has 176 valence electrons. The van der Waals surface area contributed by atoms with Gasteiger partial charge in [-0.25, -0.2) is 4.79 Å². The molecule has 1 aromatic carbocycles. The summed E-state index contributed by atoms with van der Waals surface area (Å²) in [4.78, 5) is 59.1. The summed E-state index contributed by atoms with van der Waals surface area (Å²) in [6.45, 7) is 2.96. The van der Waals surface area contributed by atoms with Gasteiger partial charge >= 0.3 is 11.9 Å². The van der Waals surface area contributed by atoms with Crippen LogP contribution in [-0.2, 0) is 30.4 Å². The summed E-state index contributed by atoms with van der Waals surface area (Å²) in [5.41, 5.74) is 6.17. The third-order valence-electron chi connectivity index (χ3n) is 4.87. The first-order valence-corrected chi connectivity index (χ1v) is 10.2. The molecule has 0 radical (unpaired) electrons. The highest BCUT2D eigenvalue weighted by Gasteiger charge is 2.30. The lowest BCUT2D eigenvalue weighted by Gasteiger charge is -2.24. The van der Waals surface area contributed by atoms with Gasteiger partial charge in [-0.05, 0) is 11.5 Å². The Kier molecular flexibility index (Phi) is 10.8. The summed E-state index contributed by atoms with van der Waals surface area (Å²) in [5, 5.41) is 25.3. The highest BCUT2D eigenvalue weighted by Crippen LogP contribution is 2.10. The number of aliphatic carboxylic acids is 2. The first kappa shape index (κ1) is 26.6. The maximum atomic E-state index is 12.8. The van der Waals surface area contributed by atoms with Crippen molar-refractivity contribution in [2.75, 3.05) is 6.54 Å². The number of nitrogens with two attached hydrogens (primary N) is 1. The van der Waals surface area contributed by atoms with Crippen molar-refractivity contribution in [3.63, 3.8) is 0 Å². The van der Waals surface area contributed by atoms with Gasteiger partial charge in [0, 0.05) is 6.42 Å². The van der Waals surface area contributed by atoms with Crippen LogP contribution in [0, 0.1) is 5.92 Å². The van der Waals surface area contributed by atoms with Gasteiger partial charge in [0.25, 0.3) is 0 Å². The van der Waals surface area contributed by atoms with E-state index >= 15 is 0 Å². The molecule has 11 nitrogen and oxygen atoms in total. The van der Waals surface area contributed by atoms with Crippen LogP contribution in [0.2, 0.25) is 0 Å². The van der Waals surface area contributed by atoms with Crippen molar-refractivity contribution in [2.45, 2.75) is 51.2 Å². The molecular weight excluding hydrogens is 420 g/mol. The second-order valence-corrected chi connectivity index (χ2v) is 7.44. The number of carbonyl (C=O) groups is 5. The molecular formula is C21H30N4O7. The van der Waals surface area contributed by atoms with Gasteiger partial charge in [-0.2, -0.15) is 0 Å². The zero-order valence-electron chi connectivity index (χ0n) is 18.0. The number of amides is 3. The molecule has 0 fully saturated rings. The molecule has 32 heavy (non-hydrogen) atoms. The lowest BCUT2D eigenvalue weighted by atomic mass is 9.98. The molecule has 0 aliphatic rings. The number of hydrogen-bond acceptors (Lipinski definition) is 6. The molecule has 7 N–H and O–H groups in total. The number of nitrogens with one attached hydrogen (secondary N) is 3. The normalized spacial score (nSPS) is 14.3. The highest BCUT2D eigenvalue weighted by molar-refractivity contribution is 5.93. The van der Waals surface area contributed by atoms with E-state index in [2.05, 4.69) is 16.0 Å². The Morgan fingerprint density at radius 1 is 1.00 bits per heavy atom. The summed E-state index contributed by atoms with van der Waals surface area (Å²) in [6, 6.07) is 5.26. The van der Waals surface area contributed by atoms with Gasteiger partial charge in [0.05, 0.1) is 19.0 Å². The molecule has 0 heterocycles. The average Bonchev–Trinajstić information content (AvgIpc) is 2.74. The molecule has 0 aliphatic heterocycles. The fourth-order valence-electron chi connectivity index (χ4n) is 2.82. The van der Waals surface area contributed by atoms with Gasteiger partial charge < -0.3 is 31.9 Å². The summed E-state index contributed by atoms with van der Waals surface area (Å²) in [7, 11) is 0. The predicted octanol–water partition coefficient (Wildman–Crippen LogP) is -0.752. The molecule has 0 spiro atoms. The van der Waals surface area contributed by atoms with Gasteiger partial charge in [0.1, 0.15) is 12.1 Å². The number of carboxylic acids is 2. The van der Waals surface area contributed by atoms with E-state index in [0.717, 1.165) is 5.56 Å². The minimum Gasteiger partial charge on any atom is -0.481 e. The summed E-state index contributed by atoms with van der Waals surface area (Å²) in [6.07, 6.45) is 0.0198. The van der Waals surface area contributed by atoms with E-state index in [-0.39, 0.29) is 12.3 Å². The van der Waals surface area contributed by atoms with Gasteiger partial charge in [-0.1, -0.05) is 50.6 Å². The third kappa shape index (κ3) is 9.13. The molecule has 3 amide bonds.